The van der Waals surface area contributed by atoms with Crippen molar-refractivity contribution >= 4 is 16.9 Å². The summed E-state index contributed by atoms with van der Waals surface area (Å²) >= 11 is 0. The molecule has 0 radical (unpaired) electrons. The van der Waals surface area contributed by atoms with Crippen molar-refractivity contribution in [1.29, 1.82) is 0 Å². The highest BCUT2D eigenvalue weighted by Gasteiger charge is 2.12. The smallest absolute Gasteiger partial charge is 0.337 e. The van der Waals surface area contributed by atoms with Gasteiger partial charge in [-0.15, -0.1) is 0 Å². The van der Waals surface area contributed by atoms with E-state index >= 15 is 0 Å². The fourth-order valence-corrected chi connectivity index (χ4v) is 1.45. The number of esters is 1. The van der Waals surface area contributed by atoms with Crippen LogP contribution in [0.25, 0.3) is 11.0 Å². The van der Waals surface area contributed by atoms with Crippen molar-refractivity contribution in [3.63, 3.8) is 0 Å². The highest BCUT2D eigenvalue weighted by Crippen LogP contribution is 2.31. The third-order valence-corrected chi connectivity index (χ3v) is 2.25. The number of fused-ring (bicyclic) bond motifs is 1. The van der Waals surface area contributed by atoms with Gasteiger partial charge >= 0.3 is 5.97 Å². The summed E-state index contributed by atoms with van der Waals surface area (Å²) in [5.41, 5.74) is 0.943. The molecule has 1 aromatic carbocycles. The predicted molar refractivity (Wildman–Crippen MR) is 54.0 cm³/mol. The van der Waals surface area contributed by atoms with Crippen LogP contribution >= 0.6 is 0 Å². The molecule has 0 atom stereocenters. The fourth-order valence-electron chi connectivity index (χ4n) is 1.45. The van der Waals surface area contributed by atoms with Crippen LogP contribution in [-0.2, 0) is 4.74 Å². The second-order valence-electron chi connectivity index (χ2n) is 3.21. The lowest BCUT2D eigenvalue weighted by atomic mass is 10.1. The van der Waals surface area contributed by atoms with Crippen molar-refractivity contribution in [2.45, 2.75) is 6.92 Å². The molecule has 0 spiro atoms. The second kappa shape index (κ2) is 3.31. The molecule has 1 N–H and O–H groups in total. The summed E-state index contributed by atoms with van der Waals surface area (Å²) in [4.78, 5) is 11.2. The molecule has 0 saturated heterocycles. The molecule has 2 rings (SSSR count). The van der Waals surface area contributed by atoms with Gasteiger partial charge in [-0.05, 0) is 25.1 Å². The fraction of sp³-hybridized carbons (Fsp3) is 0.182. The maximum atomic E-state index is 11.2. The Balaban J connectivity index is 2.64. The molecule has 1 aromatic heterocycles. The summed E-state index contributed by atoms with van der Waals surface area (Å²) in [7, 11) is 1.31. The van der Waals surface area contributed by atoms with Gasteiger partial charge in [0.25, 0.3) is 0 Å². The van der Waals surface area contributed by atoms with Gasteiger partial charge in [0.15, 0.2) is 5.75 Å². The molecule has 4 nitrogen and oxygen atoms in total. The number of carbonyl (C=O) groups is 1. The number of hydrogen-bond acceptors (Lipinski definition) is 4. The third-order valence-electron chi connectivity index (χ3n) is 2.25. The van der Waals surface area contributed by atoms with Gasteiger partial charge in [-0.25, -0.2) is 4.79 Å². The number of rotatable bonds is 1. The number of furan rings is 1. The number of aryl methyl sites for hydroxylation is 1. The zero-order valence-electron chi connectivity index (χ0n) is 8.40. The first-order valence-corrected chi connectivity index (χ1v) is 4.44. The third kappa shape index (κ3) is 1.44. The quantitative estimate of drug-likeness (QED) is 0.727. The molecular weight excluding hydrogens is 196 g/mol. The summed E-state index contributed by atoms with van der Waals surface area (Å²) < 4.78 is 9.85. The molecule has 78 valence electrons. The molecule has 4 heteroatoms. The van der Waals surface area contributed by atoms with Gasteiger partial charge < -0.3 is 14.3 Å². The Labute approximate surface area is 86.1 Å². The van der Waals surface area contributed by atoms with Crippen LogP contribution in [-0.4, -0.2) is 18.2 Å². The summed E-state index contributed by atoms with van der Waals surface area (Å²) in [6, 6.07) is 4.78. The van der Waals surface area contributed by atoms with E-state index in [-0.39, 0.29) is 5.75 Å². The normalized spacial score (nSPS) is 10.5. The zero-order chi connectivity index (χ0) is 11.0. The van der Waals surface area contributed by atoms with E-state index in [1.165, 1.54) is 7.11 Å². The average Bonchev–Trinajstić information content (AvgIpc) is 2.54. The Kier molecular flexibility index (Phi) is 2.11. The van der Waals surface area contributed by atoms with E-state index in [0.29, 0.717) is 22.3 Å². The molecule has 0 aliphatic carbocycles. The van der Waals surface area contributed by atoms with Crippen LogP contribution in [0.4, 0.5) is 0 Å². The van der Waals surface area contributed by atoms with Crippen molar-refractivity contribution in [2.24, 2.45) is 0 Å². The van der Waals surface area contributed by atoms with Crippen molar-refractivity contribution in [1.82, 2.24) is 0 Å². The van der Waals surface area contributed by atoms with Crippen LogP contribution < -0.4 is 0 Å². The van der Waals surface area contributed by atoms with Gasteiger partial charge in [0, 0.05) is 0 Å². The van der Waals surface area contributed by atoms with Crippen LogP contribution in [0.1, 0.15) is 16.1 Å². The first kappa shape index (κ1) is 9.58. The number of methoxy groups -OCH3 is 1. The Hall–Kier alpha value is -1.97. The number of carbonyl (C=O) groups excluding carboxylic acids is 1. The van der Waals surface area contributed by atoms with Crippen molar-refractivity contribution in [2.75, 3.05) is 7.11 Å². The molecule has 1 heterocycles. The largest absolute Gasteiger partial charge is 0.504 e. The van der Waals surface area contributed by atoms with E-state index < -0.39 is 5.97 Å². The summed E-state index contributed by atoms with van der Waals surface area (Å²) in [5, 5.41) is 10.2. The lowest BCUT2D eigenvalue weighted by Crippen LogP contribution is -1.99. The minimum absolute atomic E-state index is 0.0655. The molecule has 0 amide bonds. The topological polar surface area (TPSA) is 59.7 Å². The van der Waals surface area contributed by atoms with Gasteiger partial charge in [-0.3, -0.25) is 0 Å². The predicted octanol–water partition coefficient (Wildman–Crippen LogP) is 2.23. The number of benzene rings is 1. The second-order valence-corrected chi connectivity index (χ2v) is 3.21. The van der Waals surface area contributed by atoms with E-state index in [2.05, 4.69) is 4.74 Å². The number of hydrogen-bond donors (Lipinski definition) is 1. The van der Waals surface area contributed by atoms with Gasteiger partial charge in [0.05, 0.1) is 18.1 Å². The standard InChI is InChI=1S/C11H10O4/c1-6-10(12)8-5-7(11(13)14-2)3-4-9(8)15-6/h3-5,12H,1-2H3. The Bertz CT molecular complexity index is 525. The molecule has 15 heavy (non-hydrogen) atoms. The lowest BCUT2D eigenvalue weighted by Gasteiger charge is -1.97. The van der Waals surface area contributed by atoms with Crippen molar-refractivity contribution in [3.8, 4) is 5.75 Å². The van der Waals surface area contributed by atoms with Gasteiger partial charge in [0.1, 0.15) is 11.3 Å². The van der Waals surface area contributed by atoms with Crippen molar-refractivity contribution < 1.29 is 19.1 Å². The molecule has 2 aromatic rings. The van der Waals surface area contributed by atoms with Crippen LogP contribution in [0.3, 0.4) is 0 Å². The SMILES string of the molecule is COC(=O)c1ccc2oc(C)c(O)c2c1. The zero-order valence-corrected chi connectivity index (χ0v) is 8.40. The van der Waals surface area contributed by atoms with E-state index in [1.807, 2.05) is 0 Å². The average molecular weight is 206 g/mol. The van der Waals surface area contributed by atoms with Gasteiger partial charge in [-0.1, -0.05) is 0 Å². The van der Waals surface area contributed by atoms with E-state index in [4.69, 9.17) is 4.42 Å². The first-order chi connectivity index (χ1) is 7.13. The van der Waals surface area contributed by atoms with Crippen LogP contribution in [0.15, 0.2) is 22.6 Å². The lowest BCUT2D eigenvalue weighted by molar-refractivity contribution is 0.0601. The number of aromatic hydroxyl groups is 1. The maximum Gasteiger partial charge on any atom is 0.337 e. The van der Waals surface area contributed by atoms with E-state index in [0.717, 1.165) is 0 Å². The molecule has 0 saturated carbocycles. The van der Waals surface area contributed by atoms with Crippen LogP contribution in [0.5, 0.6) is 5.75 Å². The summed E-state index contributed by atoms with van der Waals surface area (Å²) in [6.45, 7) is 1.66. The minimum Gasteiger partial charge on any atom is -0.504 e. The monoisotopic (exact) mass is 206 g/mol. The van der Waals surface area contributed by atoms with Crippen LogP contribution in [0, 0.1) is 6.92 Å². The Morgan fingerprint density at radius 3 is 2.87 bits per heavy atom. The van der Waals surface area contributed by atoms with Crippen LogP contribution in [0.2, 0.25) is 0 Å². The highest BCUT2D eigenvalue weighted by atomic mass is 16.5. The molecular formula is C11H10O4. The minimum atomic E-state index is -0.435. The molecule has 0 aliphatic heterocycles. The van der Waals surface area contributed by atoms with E-state index in [1.54, 1.807) is 25.1 Å². The summed E-state index contributed by atoms with van der Waals surface area (Å²) in [6.07, 6.45) is 0. The van der Waals surface area contributed by atoms with E-state index in [9.17, 15) is 9.90 Å². The first-order valence-electron chi connectivity index (χ1n) is 4.44. The molecule has 0 aliphatic rings. The van der Waals surface area contributed by atoms with Crippen molar-refractivity contribution in [3.05, 3.63) is 29.5 Å². The molecule has 0 bridgehead atoms. The Morgan fingerprint density at radius 1 is 1.47 bits per heavy atom. The summed E-state index contributed by atoms with van der Waals surface area (Å²) in [5.74, 6) is 0.0675. The Morgan fingerprint density at radius 2 is 2.20 bits per heavy atom. The molecule has 0 fully saturated rings. The van der Waals surface area contributed by atoms with Gasteiger partial charge in [0.2, 0.25) is 0 Å². The highest BCUT2D eigenvalue weighted by molar-refractivity contribution is 5.96. The van der Waals surface area contributed by atoms with Gasteiger partial charge in [-0.2, -0.15) is 0 Å². The number of ether oxygens (including phenoxy) is 1. The maximum absolute atomic E-state index is 11.2. The molecule has 0 unspecified atom stereocenters.